The second-order valence-corrected chi connectivity index (χ2v) is 4.59. The quantitative estimate of drug-likeness (QED) is 0.673. The van der Waals surface area contributed by atoms with E-state index in [0.717, 1.165) is 22.0 Å². The van der Waals surface area contributed by atoms with Crippen molar-refractivity contribution in [2.24, 2.45) is 7.05 Å². The second-order valence-electron chi connectivity index (χ2n) is 4.25. The first-order chi connectivity index (χ1) is 9.15. The molecular weight excluding hydrogens is 262 g/mol. The van der Waals surface area contributed by atoms with Gasteiger partial charge in [0.15, 0.2) is 0 Å². The number of benzene rings is 1. The van der Waals surface area contributed by atoms with Crippen LogP contribution < -0.4 is 0 Å². The topological polar surface area (TPSA) is 47.8 Å². The average Bonchev–Trinajstić information content (AvgIpc) is 2.84. The van der Waals surface area contributed by atoms with Gasteiger partial charge in [0.1, 0.15) is 5.69 Å². The maximum absolute atomic E-state index is 11.4. The lowest BCUT2D eigenvalue weighted by molar-refractivity contribution is 0.107. The van der Waals surface area contributed by atoms with E-state index >= 15 is 0 Å². The molecule has 2 heterocycles. The van der Waals surface area contributed by atoms with E-state index in [1.165, 1.54) is 0 Å². The minimum absolute atomic E-state index is 0.249. The molecule has 4 nitrogen and oxygen atoms in total. The predicted molar refractivity (Wildman–Crippen MR) is 74.1 cm³/mol. The predicted octanol–water partition coefficient (Wildman–Crippen LogP) is 3.01. The van der Waals surface area contributed by atoms with E-state index in [1.54, 1.807) is 16.9 Å². The third-order valence-corrected chi connectivity index (χ3v) is 3.13. The van der Waals surface area contributed by atoms with Crippen molar-refractivity contribution in [1.29, 1.82) is 0 Å². The first kappa shape index (κ1) is 11.9. The molecule has 0 saturated heterocycles. The molecule has 0 aliphatic rings. The number of fused-ring (bicyclic) bond motifs is 1. The molecule has 3 aromatic rings. The molecule has 0 radical (unpaired) electrons. The van der Waals surface area contributed by atoms with Gasteiger partial charge in [-0.25, -0.2) is 4.98 Å². The van der Waals surface area contributed by atoms with Gasteiger partial charge in [-0.15, -0.1) is 0 Å². The fraction of sp³-hybridized carbons (Fsp3) is 0.0714. The van der Waals surface area contributed by atoms with Crippen LogP contribution in [-0.2, 0) is 7.05 Å². The number of hydrogen-bond donors (Lipinski definition) is 0. The van der Waals surface area contributed by atoms with Crippen molar-refractivity contribution in [2.75, 3.05) is 0 Å². The van der Waals surface area contributed by atoms with Crippen LogP contribution in [0.15, 0.2) is 42.7 Å². The Bertz CT molecular complexity index is 779. The number of nitrogens with zero attached hydrogens (tertiary/aromatic N) is 3. The largest absolute Gasteiger partial charge is 0.275 e. The number of hydrogen-bond acceptors (Lipinski definition) is 3. The van der Waals surface area contributed by atoms with Crippen LogP contribution in [0.3, 0.4) is 0 Å². The van der Waals surface area contributed by atoms with Crippen LogP contribution in [0.25, 0.3) is 22.0 Å². The molecule has 0 bridgehead atoms. The summed E-state index contributed by atoms with van der Waals surface area (Å²) in [6.07, 6.45) is 3.65. The number of para-hydroxylation sites is 1. The van der Waals surface area contributed by atoms with Crippen molar-refractivity contribution >= 4 is 27.7 Å². The molecule has 0 unspecified atom stereocenters. The van der Waals surface area contributed by atoms with Crippen LogP contribution >= 0.6 is 11.6 Å². The number of pyridine rings is 1. The summed E-state index contributed by atoms with van der Waals surface area (Å²) < 4.78 is 1.72. The minimum atomic E-state index is -0.559. The van der Waals surface area contributed by atoms with Crippen LogP contribution in [0.1, 0.15) is 10.5 Å². The van der Waals surface area contributed by atoms with Gasteiger partial charge in [0, 0.05) is 24.2 Å². The Morgan fingerprint density at radius 1 is 1.32 bits per heavy atom. The van der Waals surface area contributed by atoms with Crippen LogP contribution in [0.4, 0.5) is 0 Å². The van der Waals surface area contributed by atoms with Crippen LogP contribution in [0, 0.1) is 0 Å². The highest BCUT2D eigenvalue weighted by Crippen LogP contribution is 2.28. The van der Waals surface area contributed by atoms with Gasteiger partial charge < -0.3 is 0 Å². The summed E-state index contributed by atoms with van der Waals surface area (Å²) in [4.78, 5) is 15.6. The third kappa shape index (κ3) is 2.11. The van der Waals surface area contributed by atoms with E-state index in [2.05, 4.69) is 10.1 Å². The van der Waals surface area contributed by atoms with E-state index in [9.17, 15) is 4.79 Å². The molecule has 0 amide bonds. The van der Waals surface area contributed by atoms with Crippen molar-refractivity contribution in [3.05, 3.63) is 48.4 Å². The summed E-state index contributed by atoms with van der Waals surface area (Å²) >= 11 is 5.55. The zero-order chi connectivity index (χ0) is 13.4. The summed E-state index contributed by atoms with van der Waals surface area (Å²) in [5, 5.41) is 4.56. The van der Waals surface area contributed by atoms with Gasteiger partial charge in [0.05, 0.1) is 11.7 Å². The summed E-state index contributed by atoms with van der Waals surface area (Å²) in [7, 11) is 1.85. The van der Waals surface area contributed by atoms with Crippen LogP contribution in [0.2, 0.25) is 0 Å². The standard InChI is InChI=1S/C14H10ClN3O/c1-18-8-9(7-16-18)11-6-13(14(15)19)17-12-5-3-2-4-10(11)12/h2-8H,1H3. The van der Waals surface area contributed by atoms with E-state index in [1.807, 2.05) is 37.5 Å². The molecular formula is C14H10ClN3O. The number of rotatable bonds is 2. The molecule has 0 fully saturated rings. The second kappa shape index (κ2) is 4.48. The zero-order valence-corrected chi connectivity index (χ0v) is 10.9. The van der Waals surface area contributed by atoms with E-state index in [4.69, 9.17) is 11.6 Å². The number of halogens is 1. The van der Waals surface area contributed by atoms with E-state index in [-0.39, 0.29) is 5.69 Å². The Morgan fingerprint density at radius 3 is 2.79 bits per heavy atom. The van der Waals surface area contributed by atoms with Gasteiger partial charge in [0.2, 0.25) is 0 Å². The maximum Gasteiger partial charge on any atom is 0.270 e. The zero-order valence-electron chi connectivity index (χ0n) is 10.2. The number of aromatic nitrogens is 3. The fourth-order valence-electron chi connectivity index (χ4n) is 2.08. The van der Waals surface area contributed by atoms with Gasteiger partial charge in [-0.3, -0.25) is 9.48 Å². The number of carbonyl (C=O) groups excluding carboxylic acids is 1. The molecule has 1 aromatic carbocycles. The SMILES string of the molecule is Cn1cc(-c2cc(C(=O)Cl)nc3ccccc23)cn1. The lowest BCUT2D eigenvalue weighted by Crippen LogP contribution is -1.96. The normalized spacial score (nSPS) is 10.8. The first-order valence-electron chi connectivity index (χ1n) is 5.74. The van der Waals surface area contributed by atoms with Crippen molar-refractivity contribution in [1.82, 2.24) is 14.8 Å². The van der Waals surface area contributed by atoms with Gasteiger partial charge in [0.25, 0.3) is 5.24 Å². The minimum Gasteiger partial charge on any atom is -0.275 e. The summed E-state index contributed by atoms with van der Waals surface area (Å²) in [5.41, 5.74) is 2.83. The lowest BCUT2D eigenvalue weighted by atomic mass is 10.0. The molecule has 0 aliphatic heterocycles. The molecule has 0 atom stereocenters. The van der Waals surface area contributed by atoms with Crippen molar-refractivity contribution < 1.29 is 4.79 Å². The first-order valence-corrected chi connectivity index (χ1v) is 6.11. The van der Waals surface area contributed by atoms with Crippen LogP contribution in [-0.4, -0.2) is 20.0 Å². The molecule has 2 aromatic heterocycles. The molecule has 94 valence electrons. The molecule has 19 heavy (non-hydrogen) atoms. The smallest absolute Gasteiger partial charge is 0.270 e. The Labute approximate surface area is 114 Å². The lowest BCUT2D eigenvalue weighted by Gasteiger charge is -2.05. The Kier molecular flexibility index (Phi) is 2.80. The molecule has 3 rings (SSSR count). The van der Waals surface area contributed by atoms with E-state index in [0.29, 0.717) is 0 Å². The maximum atomic E-state index is 11.4. The highest BCUT2D eigenvalue weighted by atomic mass is 35.5. The Morgan fingerprint density at radius 2 is 2.11 bits per heavy atom. The molecule has 0 N–H and O–H groups in total. The number of aryl methyl sites for hydroxylation is 1. The Hall–Kier alpha value is -2.20. The van der Waals surface area contributed by atoms with Gasteiger partial charge in [-0.05, 0) is 29.3 Å². The monoisotopic (exact) mass is 271 g/mol. The molecule has 0 aliphatic carbocycles. The number of carbonyl (C=O) groups is 1. The van der Waals surface area contributed by atoms with E-state index < -0.39 is 5.24 Å². The Balaban J connectivity index is 2.35. The van der Waals surface area contributed by atoms with Crippen LogP contribution in [0.5, 0.6) is 0 Å². The summed E-state index contributed by atoms with van der Waals surface area (Å²) in [6.45, 7) is 0. The fourth-order valence-corrected chi connectivity index (χ4v) is 2.17. The van der Waals surface area contributed by atoms with Gasteiger partial charge in [-0.2, -0.15) is 5.10 Å². The summed E-state index contributed by atoms with van der Waals surface area (Å²) in [6, 6.07) is 9.34. The van der Waals surface area contributed by atoms with Gasteiger partial charge in [-0.1, -0.05) is 18.2 Å². The summed E-state index contributed by atoms with van der Waals surface area (Å²) in [5.74, 6) is 0. The molecule has 5 heteroatoms. The average molecular weight is 272 g/mol. The van der Waals surface area contributed by atoms with Crippen molar-refractivity contribution in [3.8, 4) is 11.1 Å². The van der Waals surface area contributed by atoms with Crippen molar-refractivity contribution in [2.45, 2.75) is 0 Å². The third-order valence-electron chi connectivity index (χ3n) is 2.93. The highest BCUT2D eigenvalue weighted by molar-refractivity contribution is 6.67. The highest BCUT2D eigenvalue weighted by Gasteiger charge is 2.12. The molecule has 0 saturated carbocycles. The molecule has 0 spiro atoms. The van der Waals surface area contributed by atoms with Crippen molar-refractivity contribution in [3.63, 3.8) is 0 Å². The van der Waals surface area contributed by atoms with Gasteiger partial charge >= 0.3 is 0 Å².